The standard InChI is InChI=1S/C24H32N4O4S/c1-26-14-16-28(17-15-26)24(30)20-9-12-27(13-10-20)23(29)8-11-25-33(31,32)22-7-6-19-4-2-3-5-21(19)18-22/h2-7,18,20,25H,8-17H2,1H3. The molecule has 0 aromatic heterocycles. The summed E-state index contributed by atoms with van der Waals surface area (Å²) in [6, 6.07) is 12.6. The third kappa shape index (κ3) is 5.72. The molecular formula is C24H32N4O4S. The van der Waals surface area contributed by atoms with E-state index in [0.717, 1.165) is 37.0 Å². The van der Waals surface area contributed by atoms with E-state index in [1.165, 1.54) is 0 Å². The minimum absolute atomic E-state index is 0.0242. The Labute approximate surface area is 195 Å². The van der Waals surface area contributed by atoms with Crippen LogP contribution in [0.2, 0.25) is 0 Å². The number of hydrogen-bond acceptors (Lipinski definition) is 5. The number of amides is 2. The molecule has 9 heteroatoms. The lowest BCUT2D eigenvalue weighted by Crippen LogP contribution is -2.51. The molecule has 2 fully saturated rings. The normalized spacial score (nSPS) is 18.6. The van der Waals surface area contributed by atoms with Crippen molar-refractivity contribution in [2.45, 2.75) is 24.2 Å². The van der Waals surface area contributed by atoms with E-state index in [4.69, 9.17) is 0 Å². The number of fused-ring (bicyclic) bond motifs is 1. The van der Waals surface area contributed by atoms with Gasteiger partial charge in [-0.15, -0.1) is 0 Å². The van der Waals surface area contributed by atoms with Gasteiger partial charge in [0.25, 0.3) is 0 Å². The van der Waals surface area contributed by atoms with Crippen molar-refractivity contribution in [2.24, 2.45) is 5.92 Å². The zero-order chi connectivity index (χ0) is 23.4. The van der Waals surface area contributed by atoms with Crippen LogP contribution in [-0.4, -0.2) is 87.8 Å². The fourth-order valence-corrected chi connectivity index (χ4v) is 5.60. The molecule has 2 aromatic rings. The summed E-state index contributed by atoms with van der Waals surface area (Å²) >= 11 is 0. The van der Waals surface area contributed by atoms with Crippen molar-refractivity contribution in [1.29, 1.82) is 0 Å². The van der Waals surface area contributed by atoms with Crippen LogP contribution >= 0.6 is 0 Å². The van der Waals surface area contributed by atoms with Gasteiger partial charge in [-0.3, -0.25) is 9.59 Å². The zero-order valence-electron chi connectivity index (χ0n) is 19.1. The quantitative estimate of drug-likeness (QED) is 0.689. The zero-order valence-corrected chi connectivity index (χ0v) is 19.9. The predicted molar refractivity (Wildman–Crippen MR) is 127 cm³/mol. The number of nitrogens with one attached hydrogen (secondary N) is 1. The highest BCUT2D eigenvalue weighted by molar-refractivity contribution is 7.89. The molecule has 4 rings (SSSR count). The summed E-state index contributed by atoms with van der Waals surface area (Å²) in [7, 11) is -1.63. The Morgan fingerprint density at radius 3 is 2.27 bits per heavy atom. The molecule has 8 nitrogen and oxygen atoms in total. The van der Waals surface area contributed by atoms with Gasteiger partial charge in [-0.2, -0.15) is 0 Å². The second kappa shape index (κ2) is 10.2. The van der Waals surface area contributed by atoms with Gasteiger partial charge >= 0.3 is 0 Å². The van der Waals surface area contributed by atoms with E-state index in [-0.39, 0.29) is 35.6 Å². The number of sulfonamides is 1. The molecule has 0 spiro atoms. The lowest BCUT2D eigenvalue weighted by Gasteiger charge is -2.37. The van der Waals surface area contributed by atoms with Crippen LogP contribution in [0, 0.1) is 5.92 Å². The summed E-state index contributed by atoms with van der Waals surface area (Å²) in [6.07, 6.45) is 1.43. The summed E-state index contributed by atoms with van der Waals surface area (Å²) in [6.45, 7) is 4.48. The molecule has 0 radical (unpaired) electrons. The first-order valence-electron chi connectivity index (χ1n) is 11.6. The first-order valence-corrected chi connectivity index (χ1v) is 13.1. The van der Waals surface area contributed by atoms with Gasteiger partial charge in [0.15, 0.2) is 0 Å². The van der Waals surface area contributed by atoms with Crippen LogP contribution in [-0.2, 0) is 19.6 Å². The Morgan fingerprint density at radius 2 is 1.58 bits per heavy atom. The smallest absolute Gasteiger partial charge is 0.240 e. The van der Waals surface area contributed by atoms with Crippen LogP contribution in [0.15, 0.2) is 47.4 Å². The largest absolute Gasteiger partial charge is 0.343 e. The number of piperidine rings is 1. The highest BCUT2D eigenvalue weighted by Crippen LogP contribution is 2.21. The molecule has 1 N–H and O–H groups in total. The molecule has 178 valence electrons. The number of likely N-dealkylation sites (tertiary alicyclic amines) is 1. The number of carbonyl (C=O) groups excluding carboxylic acids is 2. The maximum Gasteiger partial charge on any atom is 0.240 e. The van der Waals surface area contributed by atoms with E-state index >= 15 is 0 Å². The minimum Gasteiger partial charge on any atom is -0.343 e. The number of likely N-dealkylation sites (N-methyl/N-ethyl adjacent to an activating group) is 1. The number of piperazine rings is 1. The van der Waals surface area contributed by atoms with Gasteiger partial charge in [0.2, 0.25) is 21.8 Å². The highest BCUT2D eigenvalue weighted by Gasteiger charge is 2.31. The van der Waals surface area contributed by atoms with E-state index < -0.39 is 10.0 Å². The average Bonchev–Trinajstić information content (AvgIpc) is 2.83. The van der Waals surface area contributed by atoms with Crippen molar-refractivity contribution in [3.63, 3.8) is 0 Å². The maximum atomic E-state index is 12.8. The molecule has 0 aliphatic carbocycles. The van der Waals surface area contributed by atoms with Crippen molar-refractivity contribution >= 4 is 32.6 Å². The SMILES string of the molecule is CN1CCN(C(=O)C2CCN(C(=O)CCNS(=O)(=O)c3ccc4ccccc4c3)CC2)CC1. The van der Waals surface area contributed by atoms with Crippen LogP contribution < -0.4 is 4.72 Å². The van der Waals surface area contributed by atoms with E-state index in [1.807, 2.05) is 29.2 Å². The Balaban J connectivity index is 1.23. The van der Waals surface area contributed by atoms with Crippen LogP contribution in [0.4, 0.5) is 0 Å². The first-order chi connectivity index (χ1) is 15.8. The average molecular weight is 473 g/mol. The number of benzene rings is 2. The Bertz CT molecular complexity index is 1100. The Morgan fingerprint density at radius 1 is 0.909 bits per heavy atom. The van der Waals surface area contributed by atoms with Crippen molar-refractivity contribution < 1.29 is 18.0 Å². The molecule has 0 saturated carbocycles. The Kier molecular flexibility index (Phi) is 7.31. The lowest BCUT2D eigenvalue weighted by atomic mass is 9.94. The van der Waals surface area contributed by atoms with Crippen molar-refractivity contribution in [2.75, 3.05) is 52.9 Å². The number of rotatable bonds is 6. The van der Waals surface area contributed by atoms with Gasteiger partial charge in [-0.1, -0.05) is 30.3 Å². The molecule has 0 unspecified atom stereocenters. The highest BCUT2D eigenvalue weighted by atomic mass is 32.2. The molecule has 2 heterocycles. The van der Waals surface area contributed by atoms with Crippen molar-refractivity contribution in [3.8, 4) is 0 Å². The molecule has 33 heavy (non-hydrogen) atoms. The molecule has 2 aliphatic heterocycles. The van der Waals surface area contributed by atoms with Gasteiger partial charge in [0, 0.05) is 58.2 Å². The van der Waals surface area contributed by atoms with Crippen molar-refractivity contribution in [3.05, 3.63) is 42.5 Å². The second-order valence-corrected chi connectivity index (χ2v) is 10.7. The third-order valence-electron chi connectivity index (χ3n) is 6.67. The van der Waals surface area contributed by atoms with Gasteiger partial charge in [0.05, 0.1) is 4.90 Å². The summed E-state index contributed by atoms with van der Waals surface area (Å²) < 4.78 is 27.8. The molecule has 0 bridgehead atoms. The monoisotopic (exact) mass is 472 g/mol. The maximum absolute atomic E-state index is 12.8. The Hall–Kier alpha value is -2.49. The molecular weight excluding hydrogens is 440 g/mol. The van der Waals surface area contributed by atoms with Crippen LogP contribution in [0.3, 0.4) is 0 Å². The number of nitrogens with zero attached hydrogens (tertiary/aromatic N) is 3. The molecule has 2 aliphatic rings. The third-order valence-corrected chi connectivity index (χ3v) is 8.13. The van der Waals surface area contributed by atoms with Crippen molar-refractivity contribution in [1.82, 2.24) is 19.4 Å². The molecule has 2 saturated heterocycles. The van der Waals surface area contributed by atoms with Crippen LogP contribution in [0.25, 0.3) is 10.8 Å². The van der Waals surface area contributed by atoms with Gasteiger partial charge in [0.1, 0.15) is 0 Å². The van der Waals surface area contributed by atoms with Gasteiger partial charge in [-0.25, -0.2) is 13.1 Å². The van der Waals surface area contributed by atoms with E-state index in [9.17, 15) is 18.0 Å². The van der Waals surface area contributed by atoms with E-state index in [2.05, 4.69) is 16.7 Å². The van der Waals surface area contributed by atoms with Crippen LogP contribution in [0.1, 0.15) is 19.3 Å². The predicted octanol–water partition coefficient (Wildman–Crippen LogP) is 1.52. The topological polar surface area (TPSA) is 90.0 Å². The minimum atomic E-state index is -3.69. The first kappa shape index (κ1) is 23.7. The van der Waals surface area contributed by atoms with Gasteiger partial charge in [-0.05, 0) is 42.8 Å². The molecule has 2 amide bonds. The van der Waals surface area contributed by atoms with E-state index in [1.54, 1.807) is 23.1 Å². The summed E-state index contributed by atoms with van der Waals surface area (Å²) in [5.74, 6) is 0.101. The summed E-state index contributed by atoms with van der Waals surface area (Å²) in [4.78, 5) is 31.5. The fourth-order valence-electron chi connectivity index (χ4n) is 4.53. The van der Waals surface area contributed by atoms with E-state index in [0.29, 0.717) is 25.9 Å². The van der Waals surface area contributed by atoms with Gasteiger partial charge < -0.3 is 14.7 Å². The lowest BCUT2D eigenvalue weighted by molar-refractivity contribution is -0.141. The molecule has 0 atom stereocenters. The summed E-state index contributed by atoms with van der Waals surface area (Å²) in [5.41, 5.74) is 0. The second-order valence-electron chi connectivity index (χ2n) is 8.94. The van der Waals surface area contributed by atoms with Crippen LogP contribution in [0.5, 0.6) is 0 Å². The number of hydrogen-bond donors (Lipinski definition) is 1. The fraction of sp³-hybridized carbons (Fsp3) is 0.500. The molecule has 2 aromatic carbocycles. The summed E-state index contributed by atoms with van der Waals surface area (Å²) in [5, 5.41) is 1.83. The number of carbonyl (C=O) groups is 2.